The zero-order valence-electron chi connectivity index (χ0n) is 21.1. The number of benzene rings is 1. The Balaban J connectivity index is 1.48. The predicted molar refractivity (Wildman–Crippen MR) is 136 cm³/mol. The topological polar surface area (TPSA) is 37.0 Å². The molecular weight excluding hydrogens is 396 g/mol. The first-order valence-corrected chi connectivity index (χ1v) is 12.8. The van der Waals surface area contributed by atoms with E-state index in [-0.39, 0.29) is 0 Å². The second kappa shape index (κ2) is 13.6. The quantitative estimate of drug-likeness (QED) is 0.480. The first-order valence-electron chi connectivity index (χ1n) is 12.8. The molecular formula is C26H48N6. The molecule has 0 spiro atoms. The summed E-state index contributed by atoms with van der Waals surface area (Å²) in [5.74, 6) is 0. The van der Waals surface area contributed by atoms with Crippen LogP contribution in [0.4, 0.5) is 0 Å². The Morgan fingerprint density at radius 1 is 1.03 bits per heavy atom. The van der Waals surface area contributed by atoms with Crippen molar-refractivity contribution < 1.29 is 0 Å². The van der Waals surface area contributed by atoms with Gasteiger partial charge in [-0.05, 0) is 59.4 Å². The molecule has 0 amide bonds. The lowest BCUT2D eigenvalue weighted by atomic mass is 10.0. The van der Waals surface area contributed by atoms with Gasteiger partial charge in [0.1, 0.15) is 0 Å². The fraction of sp³-hybridized carbons (Fsp3) is 0.769. The van der Waals surface area contributed by atoms with Crippen molar-refractivity contribution >= 4 is 0 Å². The molecule has 32 heavy (non-hydrogen) atoms. The SMILES string of the molecule is C[C@@H](CN1CCN(C)CC1)NC[C@H](Cc1ccccc1)NC[C@@H]1CCCN1CCN(C)C. The third kappa shape index (κ3) is 9.08. The van der Waals surface area contributed by atoms with E-state index in [0.717, 1.165) is 32.6 Å². The smallest absolute Gasteiger partial charge is 0.0233 e. The Morgan fingerprint density at radius 2 is 1.78 bits per heavy atom. The van der Waals surface area contributed by atoms with Gasteiger partial charge in [0, 0.05) is 77.0 Å². The van der Waals surface area contributed by atoms with E-state index in [1.165, 1.54) is 57.7 Å². The summed E-state index contributed by atoms with van der Waals surface area (Å²) in [6.07, 6.45) is 3.74. The maximum Gasteiger partial charge on any atom is 0.0233 e. The molecule has 2 aliphatic rings. The van der Waals surface area contributed by atoms with E-state index < -0.39 is 0 Å². The van der Waals surface area contributed by atoms with Crippen molar-refractivity contribution in [2.45, 2.75) is 44.3 Å². The molecule has 182 valence electrons. The molecule has 2 heterocycles. The predicted octanol–water partition coefficient (Wildman–Crippen LogP) is 1.44. The highest BCUT2D eigenvalue weighted by Crippen LogP contribution is 2.16. The molecule has 0 bridgehead atoms. The first kappa shape index (κ1) is 25.6. The highest BCUT2D eigenvalue weighted by atomic mass is 15.3. The Kier molecular flexibility index (Phi) is 10.9. The lowest BCUT2D eigenvalue weighted by Gasteiger charge is -2.34. The Hall–Kier alpha value is -1.02. The molecule has 2 aliphatic heterocycles. The maximum absolute atomic E-state index is 3.95. The average Bonchev–Trinajstić information content (AvgIpc) is 3.24. The minimum atomic E-state index is 0.462. The van der Waals surface area contributed by atoms with Crippen LogP contribution in [0.5, 0.6) is 0 Å². The highest BCUT2D eigenvalue weighted by molar-refractivity contribution is 5.16. The van der Waals surface area contributed by atoms with Gasteiger partial charge in [-0.3, -0.25) is 9.80 Å². The summed E-state index contributed by atoms with van der Waals surface area (Å²) >= 11 is 0. The van der Waals surface area contributed by atoms with E-state index in [0.29, 0.717) is 18.1 Å². The molecule has 1 aromatic carbocycles. The molecule has 0 radical (unpaired) electrons. The monoisotopic (exact) mass is 444 g/mol. The van der Waals surface area contributed by atoms with E-state index >= 15 is 0 Å². The minimum Gasteiger partial charge on any atom is -0.311 e. The van der Waals surface area contributed by atoms with E-state index in [1.807, 2.05) is 0 Å². The van der Waals surface area contributed by atoms with Crippen molar-refractivity contribution in [2.24, 2.45) is 0 Å². The summed E-state index contributed by atoms with van der Waals surface area (Å²) < 4.78 is 0. The van der Waals surface area contributed by atoms with Crippen LogP contribution in [0.3, 0.4) is 0 Å². The Labute approximate surface area is 197 Å². The molecule has 3 atom stereocenters. The Morgan fingerprint density at radius 3 is 2.50 bits per heavy atom. The molecule has 2 saturated heterocycles. The lowest BCUT2D eigenvalue weighted by molar-refractivity contribution is 0.143. The first-order chi connectivity index (χ1) is 15.5. The van der Waals surface area contributed by atoms with Crippen molar-refractivity contribution in [3.8, 4) is 0 Å². The van der Waals surface area contributed by atoms with Gasteiger partial charge in [0.15, 0.2) is 0 Å². The van der Waals surface area contributed by atoms with Gasteiger partial charge in [0.05, 0.1) is 0 Å². The molecule has 0 aromatic heterocycles. The van der Waals surface area contributed by atoms with Gasteiger partial charge in [0.2, 0.25) is 0 Å². The molecule has 6 heteroatoms. The summed E-state index contributed by atoms with van der Waals surface area (Å²) in [7, 11) is 6.58. The zero-order chi connectivity index (χ0) is 22.8. The van der Waals surface area contributed by atoms with Gasteiger partial charge in [-0.2, -0.15) is 0 Å². The number of likely N-dealkylation sites (N-methyl/N-ethyl adjacent to an activating group) is 2. The molecule has 0 saturated carbocycles. The molecule has 0 aliphatic carbocycles. The third-order valence-electron chi connectivity index (χ3n) is 7.14. The summed E-state index contributed by atoms with van der Waals surface area (Å²) in [6.45, 7) is 14.0. The van der Waals surface area contributed by atoms with E-state index in [9.17, 15) is 0 Å². The van der Waals surface area contributed by atoms with Crippen LogP contribution in [0.15, 0.2) is 30.3 Å². The van der Waals surface area contributed by atoms with Crippen molar-refractivity contribution in [1.29, 1.82) is 0 Å². The second-order valence-corrected chi connectivity index (χ2v) is 10.3. The van der Waals surface area contributed by atoms with Crippen molar-refractivity contribution in [2.75, 3.05) is 86.6 Å². The molecule has 1 aromatic rings. The molecule has 2 N–H and O–H groups in total. The van der Waals surface area contributed by atoms with E-state index in [2.05, 4.69) is 88.6 Å². The van der Waals surface area contributed by atoms with E-state index in [4.69, 9.17) is 0 Å². The lowest BCUT2D eigenvalue weighted by Crippen LogP contribution is -2.52. The molecule has 0 unspecified atom stereocenters. The molecule has 2 fully saturated rings. The minimum absolute atomic E-state index is 0.462. The van der Waals surface area contributed by atoms with Crippen LogP contribution in [-0.2, 0) is 6.42 Å². The van der Waals surface area contributed by atoms with Crippen LogP contribution in [0.2, 0.25) is 0 Å². The summed E-state index contributed by atoms with van der Waals surface area (Å²) in [6, 6.07) is 12.6. The number of hydrogen-bond acceptors (Lipinski definition) is 6. The van der Waals surface area contributed by atoms with Crippen molar-refractivity contribution in [3.63, 3.8) is 0 Å². The fourth-order valence-electron chi connectivity index (χ4n) is 4.99. The van der Waals surface area contributed by atoms with Crippen LogP contribution >= 0.6 is 0 Å². The van der Waals surface area contributed by atoms with Gasteiger partial charge in [-0.25, -0.2) is 0 Å². The zero-order valence-corrected chi connectivity index (χ0v) is 21.1. The fourth-order valence-corrected chi connectivity index (χ4v) is 4.99. The van der Waals surface area contributed by atoms with Crippen LogP contribution < -0.4 is 10.6 Å². The number of rotatable bonds is 13. The number of nitrogens with zero attached hydrogens (tertiary/aromatic N) is 4. The van der Waals surface area contributed by atoms with Crippen LogP contribution in [-0.4, -0.2) is 124 Å². The van der Waals surface area contributed by atoms with Gasteiger partial charge < -0.3 is 20.4 Å². The van der Waals surface area contributed by atoms with E-state index in [1.54, 1.807) is 0 Å². The van der Waals surface area contributed by atoms with Crippen LogP contribution in [0.25, 0.3) is 0 Å². The number of likely N-dealkylation sites (tertiary alicyclic amines) is 1. The van der Waals surface area contributed by atoms with Crippen molar-refractivity contribution in [1.82, 2.24) is 30.2 Å². The second-order valence-electron chi connectivity index (χ2n) is 10.3. The molecule has 6 nitrogen and oxygen atoms in total. The van der Waals surface area contributed by atoms with Crippen molar-refractivity contribution in [3.05, 3.63) is 35.9 Å². The van der Waals surface area contributed by atoms with Gasteiger partial charge in [0.25, 0.3) is 0 Å². The standard InChI is InChI=1S/C26H48N6/c1-23(22-31-16-14-30(4)15-17-31)27-20-25(19-24-9-6-5-7-10-24)28-21-26-11-8-12-32(26)18-13-29(2)3/h5-7,9-10,23,25-28H,8,11-22H2,1-4H3/t23-,25-,26-/m0/s1. The van der Waals surface area contributed by atoms with Gasteiger partial charge in [-0.15, -0.1) is 0 Å². The Bertz CT molecular complexity index is 616. The summed E-state index contributed by atoms with van der Waals surface area (Å²) in [5.41, 5.74) is 1.43. The summed E-state index contributed by atoms with van der Waals surface area (Å²) in [5, 5.41) is 7.80. The largest absolute Gasteiger partial charge is 0.311 e. The van der Waals surface area contributed by atoms with Gasteiger partial charge in [-0.1, -0.05) is 30.3 Å². The number of nitrogens with one attached hydrogen (secondary N) is 2. The van der Waals surface area contributed by atoms with Gasteiger partial charge >= 0.3 is 0 Å². The average molecular weight is 445 g/mol. The maximum atomic E-state index is 3.95. The normalized spacial score (nSPS) is 23.1. The number of hydrogen-bond donors (Lipinski definition) is 2. The summed E-state index contributed by atoms with van der Waals surface area (Å²) in [4.78, 5) is 10.0. The third-order valence-corrected chi connectivity index (χ3v) is 7.14. The van der Waals surface area contributed by atoms with Crippen LogP contribution in [0, 0.1) is 0 Å². The number of piperazine rings is 1. The highest BCUT2D eigenvalue weighted by Gasteiger charge is 2.25. The van der Waals surface area contributed by atoms with Crippen LogP contribution in [0.1, 0.15) is 25.3 Å². The molecule has 3 rings (SSSR count).